The van der Waals surface area contributed by atoms with Crippen molar-refractivity contribution in [3.05, 3.63) is 30.3 Å². The third-order valence-electron chi connectivity index (χ3n) is 1.81. The molecular weight excluding hydrogens is 251 g/mol. The van der Waals surface area contributed by atoms with Crippen LogP contribution in [0.3, 0.4) is 0 Å². The maximum atomic E-state index is 8.78. The summed E-state index contributed by atoms with van der Waals surface area (Å²) in [6.07, 6.45) is 0. The summed E-state index contributed by atoms with van der Waals surface area (Å²) in [5.41, 5.74) is 0.0448. The zero-order valence-electron chi connectivity index (χ0n) is 11.1. The number of aliphatic hydroxyl groups excluding tert-OH is 1. The first-order chi connectivity index (χ1) is 8.51. The van der Waals surface area contributed by atoms with E-state index < -0.39 is 8.60 Å². The Hall–Kier alpha value is -0.670. The van der Waals surface area contributed by atoms with Gasteiger partial charge in [0, 0.05) is 0 Å². The van der Waals surface area contributed by atoms with Gasteiger partial charge >= 0.3 is 8.60 Å². The van der Waals surface area contributed by atoms with Crippen LogP contribution >= 0.6 is 8.60 Å². The van der Waals surface area contributed by atoms with Crippen molar-refractivity contribution in [2.45, 2.75) is 20.8 Å². The Balaban J connectivity index is 2.50. The van der Waals surface area contributed by atoms with Crippen molar-refractivity contribution in [3.63, 3.8) is 0 Å². The van der Waals surface area contributed by atoms with E-state index in [0.717, 1.165) is 0 Å². The number of benzene rings is 1. The molecule has 0 aliphatic heterocycles. The largest absolute Gasteiger partial charge is 0.427 e. The topological polar surface area (TPSA) is 47.9 Å². The highest BCUT2D eigenvalue weighted by atomic mass is 31.2. The van der Waals surface area contributed by atoms with Crippen molar-refractivity contribution in [1.82, 2.24) is 0 Å². The Kier molecular flexibility index (Phi) is 6.58. The predicted molar refractivity (Wildman–Crippen MR) is 72.4 cm³/mol. The molecule has 0 aromatic heterocycles. The standard InChI is InChI=1S/C13H21O4P/c1-13(2,3)11-16-18(15-10-9-14)17-12-7-5-4-6-8-12/h4-8,14H,9-11H2,1-3H3. The fourth-order valence-electron chi connectivity index (χ4n) is 1.02. The number of para-hydroxylation sites is 1. The molecule has 0 spiro atoms. The van der Waals surface area contributed by atoms with Gasteiger partial charge in [-0.25, -0.2) is 0 Å². The SMILES string of the molecule is CC(C)(C)COP(OCCO)Oc1ccccc1. The van der Waals surface area contributed by atoms with E-state index in [9.17, 15) is 0 Å². The van der Waals surface area contributed by atoms with Crippen LogP contribution in [-0.4, -0.2) is 24.9 Å². The van der Waals surface area contributed by atoms with Crippen molar-refractivity contribution in [3.8, 4) is 5.75 Å². The van der Waals surface area contributed by atoms with E-state index in [0.29, 0.717) is 12.4 Å². The highest BCUT2D eigenvalue weighted by molar-refractivity contribution is 7.42. The smallest absolute Gasteiger partial charge is 0.397 e. The van der Waals surface area contributed by atoms with Gasteiger partial charge in [-0.15, -0.1) is 0 Å². The molecule has 0 fully saturated rings. The summed E-state index contributed by atoms with van der Waals surface area (Å²) in [5, 5.41) is 8.78. The summed E-state index contributed by atoms with van der Waals surface area (Å²) in [4.78, 5) is 0. The third-order valence-corrected chi connectivity index (χ3v) is 2.91. The maximum Gasteiger partial charge on any atom is 0.397 e. The van der Waals surface area contributed by atoms with Gasteiger partial charge in [0.15, 0.2) is 0 Å². The van der Waals surface area contributed by atoms with Crippen molar-refractivity contribution in [2.24, 2.45) is 5.41 Å². The Morgan fingerprint density at radius 3 is 2.33 bits per heavy atom. The molecule has 0 saturated carbocycles. The third kappa shape index (κ3) is 6.92. The zero-order valence-corrected chi connectivity index (χ0v) is 12.0. The summed E-state index contributed by atoms with van der Waals surface area (Å²) < 4.78 is 16.6. The summed E-state index contributed by atoms with van der Waals surface area (Å²) in [5.74, 6) is 0.704. The number of aliphatic hydroxyl groups is 1. The van der Waals surface area contributed by atoms with Crippen LogP contribution in [0.4, 0.5) is 0 Å². The van der Waals surface area contributed by atoms with Crippen molar-refractivity contribution < 1.29 is 18.7 Å². The first-order valence-electron chi connectivity index (χ1n) is 5.91. The first-order valence-corrected chi connectivity index (χ1v) is 7.01. The molecule has 0 saturated heterocycles. The summed E-state index contributed by atoms with van der Waals surface area (Å²) in [6.45, 7) is 6.94. The lowest BCUT2D eigenvalue weighted by Gasteiger charge is -2.22. The van der Waals surface area contributed by atoms with E-state index in [1.165, 1.54) is 0 Å². The molecule has 0 aliphatic carbocycles. The fourth-order valence-corrected chi connectivity index (χ4v) is 2.22. The van der Waals surface area contributed by atoms with Crippen LogP contribution in [0.5, 0.6) is 5.75 Å². The molecule has 0 heterocycles. The zero-order chi connectivity index (χ0) is 13.4. The van der Waals surface area contributed by atoms with Crippen LogP contribution < -0.4 is 4.52 Å². The lowest BCUT2D eigenvalue weighted by atomic mass is 9.99. The van der Waals surface area contributed by atoms with Crippen LogP contribution in [0, 0.1) is 5.41 Å². The minimum atomic E-state index is -1.47. The molecule has 1 unspecified atom stereocenters. The van der Waals surface area contributed by atoms with Crippen LogP contribution in [-0.2, 0) is 9.05 Å². The van der Waals surface area contributed by atoms with E-state index in [1.54, 1.807) is 0 Å². The van der Waals surface area contributed by atoms with Gasteiger partial charge in [-0.05, 0) is 17.5 Å². The Bertz CT molecular complexity index is 324. The fraction of sp³-hybridized carbons (Fsp3) is 0.538. The molecule has 18 heavy (non-hydrogen) atoms. The lowest BCUT2D eigenvalue weighted by Crippen LogP contribution is -2.14. The van der Waals surface area contributed by atoms with Gasteiger partial charge in [-0.2, -0.15) is 0 Å². The van der Waals surface area contributed by atoms with E-state index in [-0.39, 0.29) is 18.6 Å². The van der Waals surface area contributed by atoms with Crippen LogP contribution in [0.1, 0.15) is 20.8 Å². The molecule has 0 radical (unpaired) electrons. The van der Waals surface area contributed by atoms with Crippen molar-refractivity contribution in [2.75, 3.05) is 19.8 Å². The highest BCUT2D eigenvalue weighted by Gasteiger charge is 2.19. The summed E-state index contributed by atoms with van der Waals surface area (Å²) >= 11 is 0. The maximum absolute atomic E-state index is 8.78. The molecule has 1 atom stereocenters. The molecule has 0 amide bonds. The van der Waals surface area contributed by atoms with Crippen LogP contribution in [0.25, 0.3) is 0 Å². The van der Waals surface area contributed by atoms with E-state index in [2.05, 4.69) is 20.8 Å². The number of rotatable bonds is 7. The van der Waals surface area contributed by atoms with Crippen LogP contribution in [0.2, 0.25) is 0 Å². The number of hydrogen-bond acceptors (Lipinski definition) is 4. The molecule has 4 nitrogen and oxygen atoms in total. The average molecular weight is 272 g/mol. The normalized spacial score (nSPS) is 13.3. The Labute approximate surface area is 110 Å². The second-order valence-electron chi connectivity index (χ2n) is 5.02. The number of hydrogen-bond donors (Lipinski definition) is 1. The molecule has 1 aromatic carbocycles. The lowest BCUT2D eigenvalue weighted by molar-refractivity contribution is 0.133. The van der Waals surface area contributed by atoms with Gasteiger partial charge in [-0.3, -0.25) is 0 Å². The van der Waals surface area contributed by atoms with E-state index >= 15 is 0 Å². The van der Waals surface area contributed by atoms with Gasteiger partial charge in [0.05, 0.1) is 19.8 Å². The summed E-state index contributed by atoms with van der Waals surface area (Å²) in [6, 6.07) is 9.38. The molecule has 0 bridgehead atoms. The predicted octanol–water partition coefficient (Wildman–Crippen LogP) is 3.36. The van der Waals surface area contributed by atoms with Gasteiger partial charge in [-0.1, -0.05) is 39.0 Å². The molecule has 1 rings (SSSR count). The Morgan fingerprint density at radius 2 is 1.78 bits per heavy atom. The summed E-state index contributed by atoms with van der Waals surface area (Å²) in [7, 11) is -1.47. The highest BCUT2D eigenvalue weighted by Crippen LogP contribution is 2.41. The van der Waals surface area contributed by atoms with Crippen molar-refractivity contribution in [1.29, 1.82) is 0 Å². The van der Waals surface area contributed by atoms with Gasteiger partial charge in [0.1, 0.15) is 5.75 Å². The monoisotopic (exact) mass is 272 g/mol. The molecule has 102 valence electrons. The van der Waals surface area contributed by atoms with Gasteiger partial charge < -0.3 is 18.7 Å². The second kappa shape index (κ2) is 7.70. The quantitative estimate of drug-likeness (QED) is 0.773. The van der Waals surface area contributed by atoms with E-state index in [4.69, 9.17) is 18.7 Å². The molecule has 1 N–H and O–H groups in total. The van der Waals surface area contributed by atoms with Gasteiger partial charge in [0.25, 0.3) is 0 Å². The van der Waals surface area contributed by atoms with Crippen LogP contribution in [0.15, 0.2) is 30.3 Å². The van der Waals surface area contributed by atoms with Crippen molar-refractivity contribution >= 4 is 8.60 Å². The van der Waals surface area contributed by atoms with Gasteiger partial charge in [0.2, 0.25) is 0 Å². The Morgan fingerprint density at radius 1 is 1.11 bits per heavy atom. The van der Waals surface area contributed by atoms with E-state index in [1.807, 2.05) is 30.3 Å². The molecule has 5 heteroatoms. The molecule has 0 aliphatic rings. The molecule has 1 aromatic rings. The first kappa shape index (κ1) is 15.4. The molecular formula is C13H21O4P. The second-order valence-corrected chi connectivity index (χ2v) is 6.17. The minimum Gasteiger partial charge on any atom is -0.427 e. The average Bonchev–Trinajstić information content (AvgIpc) is 2.33. The minimum absolute atomic E-state index is 0.0448.